The molecular weight excluding hydrogens is 336 g/mol. The Morgan fingerprint density at radius 3 is 2.48 bits per heavy atom. The molecule has 0 amide bonds. The van der Waals surface area contributed by atoms with Gasteiger partial charge in [-0.3, -0.25) is 10.1 Å². The molecule has 110 valence electrons. The molecule has 0 radical (unpaired) electrons. The topological polar surface area (TPSA) is 75.4 Å². The second kappa shape index (κ2) is 6.13. The molecule has 0 fully saturated rings. The number of nitro benzene ring substituents is 1. The number of nitro groups is 1. The van der Waals surface area contributed by atoms with Crippen molar-refractivity contribution in [3.8, 4) is 5.75 Å². The van der Waals surface area contributed by atoms with Gasteiger partial charge in [0.15, 0.2) is 0 Å². The van der Waals surface area contributed by atoms with Crippen LogP contribution in [0, 0.1) is 17.0 Å². The number of aromatic hydroxyl groups is 1. The standard InChI is InChI=1S/C15H15BrN2O3/c1-9-7-13(16)14(8-15(9)18(20)21)17-10(2)11-3-5-12(19)6-4-11/h3-8,10,17,19H,1-2H3. The predicted molar refractivity (Wildman–Crippen MR) is 85.7 cm³/mol. The summed E-state index contributed by atoms with van der Waals surface area (Å²) in [5, 5.41) is 23.5. The highest BCUT2D eigenvalue weighted by atomic mass is 79.9. The fraction of sp³-hybridized carbons (Fsp3) is 0.200. The van der Waals surface area contributed by atoms with Crippen LogP contribution >= 0.6 is 15.9 Å². The molecule has 6 heteroatoms. The Hall–Kier alpha value is -2.08. The molecule has 2 rings (SSSR count). The maximum atomic E-state index is 11.0. The Labute approximate surface area is 130 Å². The third-order valence-corrected chi connectivity index (χ3v) is 3.90. The first kappa shape index (κ1) is 15.3. The Kier molecular flexibility index (Phi) is 4.47. The highest BCUT2D eigenvalue weighted by molar-refractivity contribution is 9.10. The van der Waals surface area contributed by atoms with Gasteiger partial charge in [0.2, 0.25) is 0 Å². The van der Waals surface area contributed by atoms with E-state index in [-0.39, 0.29) is 17.5 Å². The van der Waals surface area contributed by atoms with Gasteiger partial charge in [-0.2, -0.15) is 0 Å². The van der Waals surface area contributed by atoms with Gasteiger partial charge in [0.25, 0.3) is 5.69 Å². The van der Waals surface area contributed by atoms with Gasteiger partial charge in [0, 0.05) is 22.1 Å². The van der Waals surface area contributed by atoms with E-state index in [1.807, 2.05) is 19.1 Å². The van der Waals surface area contributed by atoms with Crippen LogP contribution in [0.25, 0.3) is 0 Å². The van der Waals surface area contributed by atoms with Crippen LogP contribution in [0.1, 0.15) is 24.1 Å². The van der Waals surface area contributed by atoms with Gasteiger partial charge in [-0.05, 0) is 53.5 Å². The number of rotatable bonds is 4. The summed E-state index contributed by atoms with van der Waals surface area (Å²) < 4.78 is 0.774. The summed E-state index contributed by atoms with van der Waals surface area (Å²) in [6.45, 7) is 3.65. The number of halogens is 1. The molecule has 0 aliphatic heterocycles. The summed E-state index contributed by atoms with van der Waals surface area (Å²) in [7, 11) is 0. The number of phenolic OH excluding ortho intramolecular Hbond substituents is 1. The minimum atomic E-state index is -0.391. The van der Waals surface area contributed by atoms with Crippen molar-refractivity contribution in [3.05, 3.63) is 62.1 Å². The number of benzene rings is 2. The smallest absolute Gasteiger partial charge is 0.274 e. The van der Waals surface area contributed by atoms with Crippen LogP contribution in [0.3, 0.4) is 0 Å². The van der Waals surface area contributed by atoms with Crippen molar-refractivity contribution in [3.63, 3.8) is 0 Å². The number of nitrogens with one attached hydrogen (secondary N) is 1. The number of anilines is 1. The van der Waals surface area contributed by atoms with E-state index in [0.717, 1.165) is 10.0 Å². The molecule has 0 aliphatic carbocycles. The molecule has 0 aliphatic rings. The second-order valence-corrected chi connectivity index (χ2v) is 5.69. The van der Waals surface area contributed by atoms with E-state index in [2.05, 4.69) is 21.2 Å². The van der Waals surface area contributed by atoms with E-state index in [9.17, 15) is 15.2 Å². The number of phenols is 1. The third-order valence-electron chi connectivity index (χ3n) is 3.25. The van der Waals surface area contributed by atoms with E-state index in [1.165, 1.54) is 6.07 Å². The van der Waals surface area contributed by atoms with E-state index in [0.29, 0.717) is 11.3 Å². The van der Waals surface area contributed by atoms with Crippen molar-refractivity contribution in [2.24, 2.45) is 0 Å². The fourth-order valence-electron chi connectivity index (χ4n) is 2.05. The lowest BCUT2D eigenvalue weighted by molar-refractivity contribution is -0.385. The Morgan fingerprint density at radius 1 is 1.29 bits per heavy atom. The quantitative estimate of drug-likeness (QED) is 0.626. The fourth-order valence-corrected chi connectivity index (χ4v) is 2.62. The van der Waals surface area contributed by atoms with Gasteiger partial charge < -0.3 is 10.4 Å². The van der Waals surface area contributed by atoms with Crippen molar-refractivity contribution >= 4 is 27.3 Å². The molecule has 1 atom stereocenters. The number of aryl methyl sites for hydroxylation is 1. The third kappa shape index (κ3) is 3.52. The summed E-state index contributed by atoms with van der Waals surface area (Å²) in [6.07, 6.45) is 0. The molecule has 1 unspecified atom stereocenters. The molecular formula is C15H15BrN2O3. The summed E-state index contributed by atoms with van der Waals surface area (Å²) in [6, 6.07) is 10.0. The van der Waals surface area contributed by atoms with Crippen molar-refractivity contribution < 1.29 is 10.0 Å². The first-order valence-corrected chi connectivity index (χ1v) is 7.18. The first-order valence-electron chi connectivity index (χ1n) is 6.38. The summed E-state index contributed by atoms with van der Waals surface area (Å²) in [4.78, 5) is 10.6. The molecule has 0 saturated carbocycles. The highest BCUT2D eigenvalue weighted by Crippen LogP contribution is 2.33. The number of hydrogen-bond donors (Lipinski definition) is 2. The molecule has 2 N–H and O–H groups in total. The average molecular weight is 351 g/mol. The van der Waals surface area contributed by atoms with Crippen LogP contribution < -0.4 is 5.32 Å². The number of nitrogens with zero attached hydrogens (tertiary/aromatic N) is 1. The minimum absolute atomic E-state index is 0.0517. The number of hydrogen-bond acceptors (Lipinski definition) is 4. The minimum Gasteiger partial charge on any atom is -0.508 e. The lowest BCUT2D eigenvalue weighted by atomic mass is 10.1. The predicted octanol–water partition coefficient (Wildman–Crippen LogP) is 4.54. The van der Waals surface area contributed by atoms with Gasteiger partial charge >= 0.3 is 0 Å². The van der Waals surface area contributed by atoms with Crippen LogP contribution in [0.15, 0.2) is 40.9 Å². The maximum Gasteiger partial charge on any atom is 0.274 e. The lowest BCUT2D eigenvalue weighted by Gasteiger charge is -2.17. The van der Waals surface area contributed by atoms with Gasteiger partial charge in [-0.1, -0.05) is 12.1 Å². The zero-order valence-corrected chi connectivity index (χ0v) is 13.2. The summed E-state index contributed by atoms with van der Waals surface area (Å²) in [5.74, 6) is 0.207. The molecule has 0 spiro atoms. The highest BCUT2D eigenvalue weighted by Gasteiger charge is 2.16. The van der Waals surface area contributed by atoms with Crippen molar-refractivity contribution in [2.45, 2.75) is 19.9 Å². The monoisotopic (exact) mass is 350 g/mol. The Balaban J connectivity index is 2.28. The van der Waals surface area contributed by atoms with E-state index in [4.69, 9.17) is 0 Å². The molecule has 0 saturated heterocycles. The maximum absolute atomic E-state index is 11.0. The van der Waals surface area contributed by atoms with Crippen LogP contribution in [0.5, 0.6) is 5.75 Å². The molecule has 0 bridgehead atoms. The van der Waals surface area contributed by atoms with Crippen LogP contribution in [0.4, 0.5) is 11.4 Å². The van der Waals surface area contributed by atoms with Gasteiger partial charge in [0.1, 0.15) is 5.75 Å². The summed E-state index contributed by atoms with van der Waals surface area (Å²) >= 11 is 3.42. The second-order valence-electron chi connectivity index (χ2n) is 4.83. The zero-order chi connectivity index (χ0) is 15.6. The molecule has 21 heavy (non-hydrogen) atoms. The van der Waals surface area contributed by atoms with Gasteiger partial charge in [0.05, 0.1) is 10.6 Å². The molecule has 0 heterocycles. The SMILES string of the molecule is Cc1cc(Br)c(NC(C)c2ccc(O)cc2)cc1[N+](=O)[O-]. The van der Waals surface area contributed by atoms with E-state index in [1.54, 1.807) is 25.1 Å². The Morgan fingerprint density at radius 2 is 1.90 bits per heavy atom. The van der Waals surface area contributed by atoms with Crippen molar-refractivity contribution in [2.75, 3.05) is 5.32 Å². The van der Waals surface area contributed by atoms with Crippen molar-refractivity contribution in [1.82, 2.24) is 0 Å². The molecule has 2 aromatic carbocycles. The first-order chi connectivity index (χ1) is 9.88. The van der Waals surface area contributed by atoms with Crippen LogP contribution in [-0.4, -0.2) is 10.0 Å². The average Bonchev–Trinajstić information content (AvgIpc) is 2.42. The van der Waals surface area contributed by atoms with Crippen LogP contribution in [-0.2, 0) is 0 Å². The van der Waals surface area contributed by atoms with Crippen molar-refractivity contribution in [1.29, 1.82) is 0 Å². The van der Waals surface area contributed by atoms with E-state index >= 15 is 0 Å². The van der Waals surface area contributed by atoms with Gasteiger partial charge in [-0.25, -0.2) is 0 Å². The molecule has 0 aromatic heterocycles. The summed E-state index contributed by atoms with van der Waals surface area (Å²) in [5.41, 5.74) is 2.32. The largest absolute Gasteiger partial charge is 0.508 e. The van der Waals surface area contributed by atoms with Gasteiger partial charge in [-0.15, -0.1) is 0 Å². The Bertz CT molecular complexity index is 671. The lowest BCUT2D eigenvalue weighted by Crippen LogP contribution is -2.07. The normalized spacial score (nSPS) is 12.0. The molecule has 2 aromatic rings. The zero-order valence-electron chi connectivity index (χ0n) is 11.6. The van der Waals surface area contributed by atoms with E-state index < -0.39 is 4.92 Å². The molecule has 5 nitrogen and oxygen atoms in total. The van der Waals surface area contributed by atoms with Crippen LogP contribution in [0.2, 0.25) is 0 Å².